The molecule has 1 amide bonds. The van der Waals surface area contributed by atoms with Crippen LogP contribution in [-0.4, -0.2) is 37.4 Å². The van der Waals surface area contributed by atoms with Crippen LogP contribution in [0.5, 0.6) is 0 Å². The molecule has 0 saturated carbocycles. The van der Waals surface area contributed by atoms with Crippen molar-refractivity contribution in [1.29, 1.82) is 0 Å². The second-order valence-corrected chi connectivity index (χ2v) is 7.39. The largest absolute Gasteiger partial charge is 0.443 e. The summed E-state index contributed by atoms with van der Waals surface area (Å²) < 4.78 is 5.49. The molecule has 3 rings (SSSR count). The van der Waals surface area contributed by atoms with Crippen molar-refractivity contribution in [2.75, 3.05) is 29.9 Å². The van der Waals surface area contributed by atoms with Gasteiger partial charge in [-0.1, -0.05) is 0 Å². The summed E-state index contributed by atoms with van der Waals surface area (Å²) >= 11 is 0. The molecule has 1 saturated heterocycles. The first-order valence-electron chi connectivity index (χ1n) is 8.53. The number of fused-ring (bicyclic) bond motifs is 1. The van der Waals surface area contributed by atoms with E-state index < -0.39 is 5.60 Å². The third-order valence-electron chi connectivity index (χ3n) is 4.30. The Morgan fingerprint density at radius 3 is 2.74 bits per heavy atom. The number of hydrogen-bond acceptors (Lipinski definition) is 4. The Bertz CT molecular complexity index is 574. The molecule has 1 aromatic rings. The molecule has 0 aromatic heterocycles. The number of piperidine rings is 1. The second-order valence-electron chi connectivity index (χ2n) is 7.39. The smallest absolute Gasteiger partial charge is 0.414 e. The Kier molecular flexibility index (Phi) is 4.48. The van der Waals surface area contributed by atoms with Crippen molar-refractivity contribution >= 4 is 17.5 Å². The number of rotatable bonds is 2. The average molecular weight is 317 g/mol. The summed E-state index contributed by atoms with van der Waals surface area (Å²) in [4.78, 5) is 14.1. The molecule has 0 unspecified atom stereocenters. The van der Waals surface area contributed by atoms with Crippen molar-refractivity contribution in [3.63, 3.8) is 0 Å². The van der Waals surface area contributed by atoms with Gasteiger partial charge in [0.2, 0.25) is 0 Å². The maximum atomic E-state index is 12.3. The predicted octanol–water partition coefficient (Wildman–Crippen LogP) is 3.15. The minimum absolute atomic E-state index is 0.254. The van der Waals surface area contributed by atoms with E-state index in [1.54, 1.807) is 4.90 Å². The summed E-state index contributed by atoms with van der Waals surface area (Å²) in [6.07, 6.45) is 2.94. The Hall–Kier alpha value is -1.75. The molecule has 2 aliphatic rings. The highest BCUT2D eigenvalue weighted by Crippen LogP contribution is 2.32. The van der Waals surface area contributed by atoms with Crippen LogP contribution in [0.3, 0.4) is 0 Å². The van der Waals surface area contributed by atoms with Crippen LogP contribution >= 0.6 is 0 Å². The highest BCUT2D eigenvalue weighted by molar-refractivity contribution is 5.91. The van der Waals surface area contributed by atoms with E-state index in [1.807, 2.05) is 26.8 Å². The summed E-state index contributed by atoms with van der Waals surface area (Å²) in [5, 5.41) is 7.00. The highest BCUT2D eigenvalue weighted by Gasteiger charge is 2.29. The number of carbonyl (C=O) groups is 1. The Labute approximate surface area is 138 Å². The number of hydrogen-bond donors (Lipinski definition) is 2. The molecule has 0 bridgehead atoms. The van der Waals surface area contributed by atoms with Gasteiger partial charge in [0, 0.05) is 18.3 Å². The van der Waals surface area contributed by atoms with Crippen LogP contribution in [0.15, 0.2) is 18.2 Å². The molecule has 126 valence electrons. The lowest BCUT2D eigenvalue weighted by Crippen LogP contribution is -2.35. The number of ether oxygens (including phenoxy) is 1. The normalized spacial score (nSPS) is 18.7. The van der Waals surface area contributed by atoms with Crippen molar-refractivity contribution in [2.45, 2.75) is 51.7 Å². The van der Waals surface area contributed by atoms with Gasteiger partial charge in [0.25, 0.3) is 0 Å². The summed E-state index contributed by atoms with van der Waals surface area (Å²) in [6, 6.07) is 6.83. The van der Waals surface area contributed by atoms with Crippen molar-refractivity contribution in [3.05, 3.63) is 23.8 Å². The molecule has 23 heavy (non-hydrogen) atoms. The number of amides is 1. The summed E-state index contributed by atoms with van der Waals surface area (Å²) in [7, 11) is 0. The highest BCUT2D eigenvalue weighted by atomic mass is 16.6. The van der Waals surface area contributed by atoms with Gasteiger partial charge in [-0.05, 0) is 76.9 Å². The van der Waals surface area contributed by atoms with E-state index in [0.717, 1.165) is 43.7 Å². The number of anilines is 2. The predicted molar refractivity (Wildman–Crippen MR) is 93.2 cm³/mol. The fraction of sp³-hybridized carbons (Fsp3) is 0.611. The van der Waals surface area contributed by atoms with Crippen LogP contribution in [0, 0.1) is 0 Å². The lowest BCUT2D eigenvalue weighted by Gasteiger charge is -2.26. The third kappa shape index (κ3) is 3.96. The Morgan fingerprint density at radius 2 is 2.04 bits per heavy atom. The van der Waals surface area contributed by atoms with Crippen molar-refractivity contribution in [1.82, 2.24) is 5.32 Å². The number of nitrogens with one attached hydrogen (secondary N) is 2. The molecular weight excluding hydrogens is 290 g/mol. The Morgan fingerprint density at radius 1 is 1.30 bits per heavy atom. The number of benzene rings is 1. The molecule has 5 nitrogen and oxygen atoms in total. The zero-order valence-corrected chi connectivity index (χ0v) is 14.3. The maximum Gasteiger partial charge on any atom is 0.414 e. The zero-order valence-electron chi connectivity index (χ0n) is 14.3. The van der Waals surface area contributed by atoms with Crippen LogP contribution in [-0.2, 0) is 11.2 Å². The average Bonchev–Trinajstić information content (AvgIpc) is 2.90. The molecule has 1 aromatic carbocycles. The fourth-order valence-electron chi connectivity index (χ4n) is 3.20. The van der Waals surface area contributed by atoms with Crippen LogP contribution in [0.4, 0.5) is 16.2 Å². The van der Waals surface area contributed by atoms with Crippen LogP contribution in [0.25, 0.3) is 0 Å². The van der Waals surface area contributed by atoms with E-state index >= 15 is 0 Å². The van der Waals surface area contributed by atoms with Gasteiger partial charge in [-0.3, -0.25) is 4.90 Å². The summed E-state index contributed by atoms with van der Waals surface area (Å²) in [5.41, 5.74) is 2.89. The standard InChI is InChI=1S/C18H27N3O2/c1-18(2,3)23-17(22)21-11-8-13-12-15(4-5-16(13)21)20-14-6-9-19-10-7-14/h4-5,12,14,19-20H,6-11H2,1-3H3. The number of carbonyl (C=O) groups excluding carboxylic acids is 1. The first kappa shape index (κ1) is 16.1. The van der Waals surface area contributed by atoms with Gasteiger partial charge in [0.05, 0.1) is 5.69 Å². The van der Waals surface area contributed by atoms with E-state index in [-0.39, 0.29) is 6.09 Å². The monoisotopic (exact) mass is 317 g/mol. The van der Waals surface area contributed by atoms with Crippen molar-refractivity contribution < 1.29 is 9.53 Å². The lowest BCUT2D eigenvalue weighted by molar-refractivity contribution is 0.0584. The van der Waals surface area contributed by atoms with Gasteiger partial charge in [-0.15, -0.1) is 0 Å². The molecule has 5 heteroatoms. The van der Waals surface area contributed by atoms with E-state index in [9.17, 15) is 4.79 Å². The van der Waals surface area contributed by atoms with Gasteiger partial charge in [-0.25, -0.2) is 4.79 Å². The molecule has 0 atom stereocenters. The molecule has 2 N–H and O–H groups in total. The lowest BCUT2D eigenvalue weighted by atomic mass is 10.1. The molecule has 0 aliphatic carbocycles. The van der Waals surface area contributed by atoms with Gasteiger partial charge in [0.15, 0.2) is 0 Å². The van der Waals surface area contributed by atoms with Crippen LogP contribution in [0.1, 0.15) is 39.2 Å². The molecule has 0 radical (unpaired) electrons. The van der Waals surface area contributed by atoms with E-state index in [2.05, 4.69) is 22.8 Å². The van der Waals surface area contributed by atoms with E-state index in [0.29, 0.717) is 12.6 Å². The van der Waals surface area contributed by atoms with Gasteiger partial charge < -0.3 is 15.4 Å². The number of nitrogens with zero attached hydrogens (tertiary/aromatic N) is 1. The zero-order chi connectivity index (χ0) is 16.4. The summed E-state index contributed by atoms with van der Waals surface area (Å²) in [6.45, 7) is 8.54. The van der Waals surface area contributed by atoms with Crippen LogP contribution < -0.4 is 15.5 Å². The molecule has 2 heterocycles. The minimum atomic E-state index is -0.462. The third-order valence-corrected chi connectivity index (χ3v) is 4.30. The van der Waals surface area contributed by atoms with Crippen molar-refractivity contribution in [2.24, 2.45) is 0 Å². The van der Waals surface area contributed by atoms with Crippen LogP contribution in [0.2, 0.25) is 0 Å². The molecule has 0 spiro atoms. The van der Waals surface area contributed by atoms with Gasteiger partial charge in [-0.2, -0.15) is 0 Å². The quantitative estimate of drug-likeness (QED) is 0.880. The second kappa shape index (κ2) is 6.40. The first-order chi connectivity index (χ1) is 10.9. The fourth-order valence-corrected chi connectivity index (χ4v) is 3.20. The van der Waals surface area contributed by atoms with E-state index in [1.165, 1.54) is 5.56 Å². The topological polar surface area (TPSA) is 53.6 Å². The minimum Gasteiger partial charge on any atom is -0.443 e. The maximum absolute atomic E-state index is 12.3. The Balaban J connectivity index is 1.68. The first-order valence-corrected chi connectivity index (χ1v) is 8.53. The van der Waals surface area contributed by atoms with Crippen molar-refractivity contribution in [3.8, 4) is 0 Å². The van der Waals surface area contributed by atoms with E-state index in [4.69, 9.17) is 4.74 Å². The van der Waals surface area contributed by atoms with Gasteiger partial charge >= 0.3 is 6.09 Å². The molecule has 2 aliphatic heterocycles. The summed E-state index contributed by atoms with van der Waals surface area (Å²) in [5.74, 6) is 0. The SMILES string of the molecule is CC(C)(C)OC(=O)N1CCc2cc(NC3CCNCC3)ccc21. The van der Waals surface area contributed by atoms with Gasteiger partial charge in [0.1, 0.15) is 5.60 Å². The molecular formula is C18H27N3O2. The molecule has 1 fully saturated rings.